The van der Waals surface area contributed by atoms with Gasteiger partial charge < -0.3 is 10.3 Å². The van der Waals surface area contributed by atoms with Gasteiger partial charge in [0.25, 0.3) is 0 Å². The number of carbonyl (C=O) groups is 1. The van der Waals surface area contributed by atoms with E-state index in [4.69, 9.17) is 0 Å². The first kappa shape index (κ1) is 12.9. The van der Waals surface area contributed by atoms with Crippen LogP contribution < -0.4 is 10.7 Å². The minimum absolute atomic E-state index is 0.0547. The number of aromatic nitrogens is 1. The molecule has 2 aromatic rings. The fraction of sp³-hybridized carbons (Fsp3) is 0.375. The molecule has 1 saturated carbocycles. The molecule has 0 spiro atoms. The van der Waals surface area contributed by atoms with E-state index in [1.54, 1.807) is 12.3 Å². The Balaban J connectivity index is 1.78. The van der Waals surface area contributed by atoms with Crippen molar-refractivity contribution in [1.82, 2.24) is 10.3 Å². The summed E-state index contributed by atoms with van der Waals surface area (Å²) in [6.07, 6.45) is 6.28. The van der Waals surface area contributed by atoms with Gasteiger partial charge in [-0.25, -0.2) is 0 Å². The summed E-state index contributed by atoms with van der Waals surface area (Å²) in [6, 6.07) is 7.65. The van der Waals surface area contributed by atoms with E-state index in [0.717, 1.165) is 18.4 Å². The van der Waals surface area contributed by atoms with Crippen molar-refractivity contribution in [3.8, 4) is 0 Å². The van der Waals surface area contributed by atoms with Gasteiger partial charge in [-0.15, -0.1) is 0 Å². The van der Waals surface area contributed by atoms with Gasteiger partial charge in [0.2, 0.25) is 5.91 Å². The van der Waals surface area contributed by atoms with E-state index in [2.05, 4.69) is 10.3 Å². The molecule has 0 unspecified atom stereocenters. The molecule has 1 amide bonds. The molecule has 0 aliphatic heterocycles. The molecule has 3 rings (SSSR count). The molecule has 0 saturated heterocycles. The Morgan fingerprint density at radius 1 is 1.25 bits per heavy atom. The molecule has 1 aromatic carbocycles. The summed E-state index contributed by atoms with van der Waals surface area (Å²) >= 11 is 0. The quantitative estimate of drug-likeness (QED) is 0.897. The van der Waals surface area contributed by atoms with E-state index < -0.39 is 0 Å². The molecule has 1 fully saturated rings. The fourth-order valence-corrected chi connectivity index (χ4v) is 2.86. The van der Waals surface area contributed by atoms with Gasteiger partial charge >= 0.3 is 0 Å². The van der Waals surface area contributed by atoms with Gasteiger partial charge in [-0.2, -0.15) is 0 Å². The van der Waals surface area contributed by atoms with Crippen molar-refractivity contribution in [1.29, 1.82) is 0 Å². The van der Waals surface area contributed by atoms with Crippen LogP contribution in [0.3, 0.4) is 0 Å². The minimum atomic E-state index is -0.0577. The van der Waals surface area contributed by atoms with Crippen molar-refractivity contribution in [2.75, 3.05) is 0 Å². The Bertz CT molecular complexity index is 684. The molecule has 4 heteroatoms. The average molecular weight is 270 g/mol. The van der Waals surface area contributed by atoms with E-state index in [-0.39, 0.29) is 17.8 Å². The summed E-state index contributed by atoms with van der Waals surface area (Å²) in [4.78, 5) is 27.4. The molecule has 1 aliphatic rings. The van der Waals surface area contributed by atoms with Gasteiger partial charge in [-0.1, -0.05) is 25.0 Å². The topological polar surface area (TPSA) is 62.0 Å². The molecule has 4 nitrogen and oxygen atoms in total. The van der Waals surface area contributed by atoms with Crippen molar-refractivity contribution >= 4 is 16.8 Å². The molecular weight excluding hydrogens is 252 g/mol. The van der Waals surface area contributed by atoms with Gasteiger partial charge in [0.15, 0.2) is 5.43 Å². The van der Waals surface area contributed by atoms with Crippen molar-refractivity contribution in [3.63, 3.8) is 0 Å². The Kier molecular flexibility index (Phi) is 3.54. The van der Waals surface area contributed by atoms with E-state index in [9.17, 15) is 9.59 Å². The predicted octanol–water partition coefficient (Wildman–Crippen LogP) is 2.13. The van der Waals surface area contributed by atoms with Crippen LogP contribution in [0.15, 0.2) is 35.3 Å². The first-order valence-corrected chi connectivity index (χ1v) is 7.13. The number of carbonyl (C=O) groups excluding carboxylic acids is 1. The van der Waals surface area contributed by atoms with Crippen LogP contribution in [0.25, 0.3) is 10.9 Å². The summed E-state index contributed by atoms with van der Waals surface area (Å²) in [6.45, 7) is 0. The van der Waals surface area contributed by atoms with Crippen molar-refractivity contribution in [2.24, 2.45) is 0 Å². The Morgan fingerprint density at radius 3 is 2.80 bits per heavy atom. The smallest absolute Gasteiger partial charge is 0.224 e. The molecular formula is C16H18N2O2. The molecule has 2 N–H and O–H groups in total. The van der Waals surface area contributed by atoms with E-state index in [0.29, 0.717) is 17.0 Å². The third kappa shape index (κ3) is 2.59. The molecule has 0 atom stereocenters. The molecule has 1 aromatic heterocycles. The van der Waals surface area contributed by atoms with Gasteiger partial charge in [0, 0.05) is 28.7 Å². The number of para-hydroxylation sites is 1. The van der Waals surface area contributed by atoms with E-state index in [1.807, 2.05) is 18.2 Å². The lowest BCUT2D eigenvalue weighted by Gasteiger charge is -2.11. The number of amides is 1. The van der Waals surface area contributed by atoms with E-state index in [1.165, 1.54) is 12.8 Å². The van der Waals surface area contributed by atoms with Crippen LogP contribution in [0.5, 0.6) is 0 Å². The summed E-state index contributed by atoms with van der Waals surface area (Å²) in [5.74, 6) is -0.0577. The van der Waals surface area contributed by atoms with Gasteiger partial charge in [0.05, 0.1) is 6.42 Å². The number of H-pyrrole nitrogens is 1. The number of hydrogen-bond donors (Lipinski definition) is 2. The fourth-order valence-electron chi connectivity index (χ4n) is 2.86. The molecule has 104 valence electrons. The summed E-state index contributed by atoms with van der Waals surface area (Å²) in [7, 11) is 0. The lowest BCUT2D eigenvalue weighted by atomic mass is 10.1. The van der Waals surface area contributed by atoms with Crippen LogP contribution in [-0.2, 0) is 11.2 Å². The zero-order valence-electron chi connectivity index (χ0n) is 11.3. The second-order valence-corrected chi connectivity index (χ2v) is 5.41. The second-order valence-electron chi connectivity index (χ2n) is 5.41. The van der Waals surface area contributed by atoms with Crippen LogP contribution >= 0.6 is 0 Å². The number of aromatic amines is 1. The number of nitrogens with one attached hydrogen (secondary N) is 2. The zero-order chi connectivity index (χ0) is 13.9. The lowest BCUT2D eigenvalue weighted by Crippen LogP contribution is -2.34. The third-order valence-electron chi connectivity index (χ3n) is 3.94. The highest BCUT2D eigenvalue weighted by molar-refractivity contribution is 5.82. The monoisotopic (exact) mass is 270 g/mol. The van der Waals surface area contributed by atoms with Crippen LogP contribution in [0.1, 0.15) is 31.2 Å². The number of benzene rings is 1. The van der Waals surface area contributed by atoms with Crippen LogP contribution in [0.2, 0.25) is 0 Å². The largest absolute Gasteiger partial charge is 0.361 e. The average Bonchev–Trinajstić information content (AvgIpc) is 2.95. The highest BCUT2D eigenvalue weighted by Crippen LogP contribution is 2.17. The highest BCUT2D eigenvalue weighted by Gasteiger charge is 2.18. The molecule has 20 heavy (non-hydrogen) atoms. The third-order valence-corrected chi connectivity index (χ3v) is 3.94. The first-order valence-electron chi connectivity index (χ1n) is 7.13. The normalized spacial score (nSPS) is 15.6. The minimum Gasteiger partial charge on any atom is -0.361 e. The number of rotatable bonds is 3. The van der Waals surface area contributed by atoms with Crippen molar-refractivity contribution in [3.05, 3.63) is 46.2 Å². The summed E-state index contributed by atoms with van der Waals surface area (Å²) in [5.41, 5.74) is 1.28. The summed E-state index contributed by atoms with van der Waals surface area (Å²) < 4.78 is 0. The first-order chi connectivity index (χ1) is 9.74. The van der Waals surface area contributed by atoms with Gasteiger partial charge in [-0.05, 0) is 25.0 Å². The number of pyridine rings is 1. The summed E-state index contributed by atoms with van der Waals surface area (Å²) in [5, 5.41) is 3.65. The SMILES string of the molecule is O=C(Cc1c[nH]c2ccccc2c1=O)NC1CCCC1. The highest BCUT2D eigenvalue weighted by atomic mass is 16.1. The molecule has 1 aliphatic carbocycles. The Hall–Kier alpha value is -2.10. The van der Waals surface area contributed by atoms with Crippen LogP contribution in [-0.4, -0.2) is 16.9 Å². The van der Waals surface area contributed by atoms with Crippen molar-refractivity contribution in [2.45, 2.75) is 38.1 Å². The maximum Gasteiger partial charge on any atom is 0.224 e. The predicted molar refractivity (Wildman–Crippen MR) is 78.7 cm³/mol. The maximum absolute atomic E-state index is 12.3. The van der Waals surface area contributed by atoms with Crippen LogP contribution in [0, 0.1) is 0 Å². The molecule has 0 bridgehead atoms. The van der Waals surface area contributed by atoms with Gasteiger partial charge in [-0.3, -0.25) is 9.59 Å². The van der Waals surface area contributed by atoms with Crippen LogP contribution in [0.4, 0.5) is 0 Å². The molecule has 0 radical (unpaired) electrons. The van der Waals surface area contributed by atoms with E-state index >= 15 is 0 Å². The van der Waals surface area contributed by atoms with Crippen molar-refractivity contribution < 1.29 is 4.79 Å². The Morgan fingerprint density at radius 2 is 2.00 bits per heavy atom. The number of hydrogen-bond acceptors (Lipinski definition) is 2. The lowest BCUT2D eigenvalue weighted by molar-refractivity contribution is -0.121. The van der Waals surface area contributed by atoms with Gasteiger partial charge in [0.1, 0.15) is 0 Å². The zero-order valence-corrected chi connectivity index (χ0v) is 11.3. The Labute approximate surface area is 117 Å². The second kappa shape index (κ2) is 5.49. The maximum atomic E-state index is 12.3. The molecule has 1 heterocycles. The number of fused-ring (bicyclic) bond motifs is 1. The standard InChI is InChI=1S/C16H18N2O2/c19-15(18-12-5-1-2-6-12)9-11-10-17-14-8-4-3-7-13(14)16(11)20/h3-4,7-8,10,12H,1-2,5-6,9H2,(H,17,20)(H,18,19).